The third-order valence-electron chi connectivity index (χ3n) is 7.83. The zero-order chi connectivity index (χ0) is 25.6. The van der Waals surface area contributed by atoms with Gasteiger partial charge >= 0.3 is 0 Å². The molecule has 0 unspecified atom stereocenters. The molecule has 0 bridgehead atoms. The van der Waals surface area contributed by atoms with E-state index in [1.165, 1.54) is 0 Å². The number of benzene rings is 1. The molecule has 1 amide bonds. The van der Waals surface area contributed by atoms with E-state index in [0.29, 0.717) is 28.7 Å². The number of hydrogen-bond acceptors (Lipinski definition) is 6. The Morgan fingerprint density at radius 1 is 1.14 bits per heavy atom. The van der Waals surface area contributed by atoms with Crippen molar-refractivity contribution in [2.24, 2.45) is 17.3 Å². The highest BCUT2D eigenvalue weighted by Gasteiger charge is 2.60. The standard InChI is InChI=1S/C27H34ClN7O/c1-6-21-13-27(16(2)3,19-7-8-19)24(36)35(21)26-32-18(5)31-25(33-26)30-17(4)23-14-34(15-29-23)22-11-9-20(28)10-12-22/h9-12,14-17,19,21H,6-8,13H2,1-5H3,(H,30,31,32,33)/t17-,21-,27+/m0/s1. The molecular weight excluding hydrogens is 474 g/mol. The molecule has 3 atom stereocenters. The summed E-state index contributed by atoms with van der Waals surface area (Å²) in [7, 11) is 0. The summed E-state index contributed by atoms with van der Waals surface area (Å²) in [5, 5.41) is 4.06. The van der Waals surface area contributed by atoms with Gasteiger partial charge < -0.3 is 9.88 Å². The van der Waals surface area contributed by atoms with Crippen molar-refractivity contribution in [3.05, 3.63) is 53.3 Å². The summed E-state index contributed by atoms with van der Waals surface area (Å²) < 4.78 is 1.95. The maximum absolute atomic E-state index is 13.9. The molecule has 9 heteroatoms. The van der Waals surface area contributed by atoms with Gasteiger partial charge in [0.15, 0.2) is 0 Å². The van der Waals surface area contributed by atoms with Gasteiger partial charge in [-0.1, -0.05) is 32.4 Å². The summed E-state index contributed by atoms with van der Waals surface area (Å²) in [5.41, 5.74) is 1.52. The van der Waals surface area contributed by atoms with Gasteiger partial charge in [-0.25, -0.2) is 4.98 Å². The Hall–Kier alpha value is -3.00. The summed E-state index contributed by atoms with van der Waals surface area (Å²) in [6.07, 6.45) is 7.77. The van der Waals surface area contributed by atoms with Crippen LogP contribution < -0.4 is 10.2 Å². The minimum absolute atomic E-state index is 0.0997. The fourth-order valence-electron chi connectivity index (χ4n) is 5.66. The summed E-state index contributed by atoms with van der Waals surface area (Å²) >= 11 is 6.02. The highest BCUT2D eigenvalue weighted by Crippen LogP contribution is 2.58. The molecule has 190 valence electrons. The fraction of sp³-hybridized carbons (Fsp3) is 0.519. The summed E-state index contributed by atoms with van der Waals surface area (Å²) in [4.78, 5) is 34.2. The van der Waals surface area contributed by atoms with Gasteiger partial charge in [-0.3, -0.25) is 9.69 Å². The summed E-state index contributed by atoms with van der Waals surface area (Å²) in [6, 6.07) is 7.56. The van der Waals surface area contributed by atoms with Gasteiger partial charge in [-0.15, -0.1) is 0 Å². The lowest BCUT2D eigenvalue weighted by Gasteiger charge is -2.31. The quantitative estimate of drug-likeness (QED) is 0.417. The number of carbonyl (C=O) groups excluding carboxylic acids is 1. The number of hydrogen-bond donors (Lipinski definition) is 1. The molecule has 0 radical (unpaired) electrons. The van der Waals surface area contributed by atoms with E-state index < -0.39 is 0 Å². The van der Waals surface area contributed by atoms with Crippen LogP contribution in [0.25, 0.3) is 5.69 Å². The molecule has 0 spiro atoms. The average molecular weight is 508 g/mol. The van der Waals surface area contributed by atoms with Crippen molar-refractivity contribution in [3.8, 4) is 5.69 Å². The van der Waals surface area contributed by atoms with Crippen molar-refractivity contribution < 1.29 is 4.79 Å². The minimum atomic E-state index is -0.309. The van der Waals surface area contributed by atoms with Gasteiger partial charge in [0.1, 0.15) is 5.82 Å². The van der Waals surface area contributed by atoms with E-state index in [4.69, 9.17) is 16.6 Å². The van der Waals surface area contributed by atoms with Crippen LogP contribution in [0.5, 0.6) is 0 Å². The van der Waals surface area contributed by atoms with E-state index in [9.17, 15) is 4.79 Å². The van der Waals surface area contributed by atoms with E-state index in [-0.39, 0.29) is 29.3 Å². The number of nitrogens with zero attached hydrogens (tertiary/aromatic N) is 6. The first kappa shape index (κ1) is 24.7. The predicted octanol–water partition coefficient (Wildman–Crippen LogP) is 5.76. The number of aromatic nitrogens is 5. The highest BCUT2D eigenvalue weighted by molar-refractivity contribution is 6.30. The number of halogens is 1. The minimum Gasteiger partial charge on any atom is -0.346 e. The van der Waals surface area contributed by atoms with Crippen molar-refractivity contribution in [1.29, 1.82) is 0 Å². The van der Waals surface area contributed by atoms with Crippen LogP contribution in [-0.2, 0) is 4.79 Å². The number of aryl methyl sites for hydroxylation is 1. The Balaban J connectivity index is 1.39. The lowest BCUT2D eigenvalue weighted by Crippen LogP contribution is -2.41. The van der Waals surface area contributed by atoms with Gasteiger partial charge in [0.05, 0.1) is 23.5 Å². The molecule has 2 aromatic heterocycles. The number of carbonyl (C=O) groups is 1. The second-order valence-corrected chi connectivity index (χ2v) is 10.9. The molecular formula is C27H34ClN7O. The Morgan fingerprint density at radius 2 is 1.86 bits per heavy atom. The molecule has 1 aliphatic carbocycles. The van der Waals surface area contributed by atoms with Gasteiger partial charge in [-0.05, 0) is 75.6 Å². The molecule has 36 heavy (non-hydrogen) atoms. The summed E-state index contributed by atoms with van der Waals surface area (Å²) in [6.45, 7) is 10.4. The second-order valence-electron chi connectivity index (χ2n) is 10.5. The van der Waals surface area contributed by atoms with E-state index in [1.54, 1.807) is 6.33 Å². The zero-order valence-corrected chi connectivity index (χ0v) is 22.3. The van der Waals surface area contributed by atoms with Crippen molar-refractivity contribution in [2.75, 3.05) is 10.2 Å². The van der Waals surface area contributed by atoms with Crippen molar-refractivity contribution in [1.82, 2.24) is 24.5 Å². The molecule has 5 rings (SSSR count). The van der Waals surface area contributed by atoms with Crippen LogP contribution in [0.15, 0.2) is 36.8 Å². The molecule has 1 aromatic carbocycles. The molecule has 8 nitrogen and oxygen atoms in total. The average Bonchev–Trinajstić information content (AvgIpc) is 3.48. The first-order valence-corrected chi connectivity index (χ1v) is 13.2. The van der Waals surface area contributed by atoms with Crippen LogP contribution in [0.3, 0.4) is 0 Å². The SMILES string of the molecule is CC[C@H]1C[C@@](C(C)C)(C2CC2)C(=O)N1c1nc(C)nc(N[C@@H](C)c2cn(-c3ccc(Cl)cc3)cn2)n1. The number of rotatable bonds is 8. The Bertz CT molecular complexity index is 1250. The molecule has 1 saturated heterocycles. The summed E-state index contributed by atoms with van der Waals surface area (Å²) in [5.74, 6) is 2.41. The van der Waals surface area contributed by atoms with E-state index in [2.05, 4.69) is 41.0 Å². The van der Waals surface area contributed by atoms with Crippen LogP contribution in [-0.4, -0.2) is 36.5 Å². The highest BCUT2D eigenvalue weighted by atomic mass is 35.5. The Morgan fingerprint density at radius 3 is 2.50 bits per heavy atom. The number of amides is 1. The first-order valence-electron chi connectivity index (χ1n) is 12.9. The van der Waals surface area contributed by atoms with Gasteiger partial charge in [0, 0.05) is 22.9 Å². The van der Waals surface area contributed by atoms with Crippen LogP contribution in [0, 0.1) is 24.2 Å². The zero-order valence-electron chi connectivity index (χ0n) is 21.6. The lowest BCUT2D eigenvalue weighted by atomic mass is 9.70. The Labute approximate surface area is 217 Å². The molecule has 2 fully saturated rings. The lowest BCUT2D eigenvalue weighted by molar-refractivity contribution is -0.129. The molecule has 1 aliphatic heterocycles. The van der Waals surface area contributed by atoms with Crippen LogP contribution >= 0.6 is 11.6 Å². The van der Waals surface area contributed by atoms with Crippen LogP contribution in [0.1, 0.15) is 70.9 Å². The van der Waals surface area contributed by atoms with Crippen molar-refractivity contribution in [3.63, 3.8) is 0 Å². The van der Waals surface area contributed by atoms with Gasteiger partial charge in [0.25, 0.3) is 0 Å². The first-order chi connectivity index (χ1) is 17.2. The van der Waals surface area contributed by atoms with Crippen LogP contribution in [0.2, 0.25) is 5.02 Å². The molecule has 3 heterocycles. The number of imidazole rings is 1. The fourth-order valence-corrected chi connectivity index (χ4v) is 5.78. The van der Waals surface area contributed by atoms with Crippen molar-refractivity contribution in [2.45, 2.75) is 72.4 Å². The van der Waals surface area contributed by atoms with E-state index >= 15 is 0 Å². The third kappa shape index (κ3) is 4.36. The maximum Gasteiger partial charge on any atom is 0.237 e. The predicted molar refractivity (Wildman–Crippen MR) is 141 cm³/mol. The Kier molecular flexibility index (Phi) is 6.49. The molecule has 3 aromatic rings. The molecule has 1 N–H and O–H groups in total. The topological polar surface area (TPSA) is 88.8 Å². The molecule has 2 aliphatic rings. The van der Waals surface area contributed by atoms with Gasteiger partial charge in [-0.2, -0.15) is 15.0 Å². The second kappa shape index (κ2) is 9.47. The number of nitrogens with one attached hydrogen (secondary N) is 1. The normalized spacial score (nSPS) is 22.9. The molecule has 1 saturated carbocycles. The maximum atomic E-state index is 13.9. The third-order valence-corrected chi connectivity index (χ3v) is 8.08. The van der Waals surface area contributed by atoms with E-state index in [1.807, 2.05) is 53.8 Å². The van der Waals surface area contributed by atoms with Crippen LogP contribution in [0.4, 0.5) is 11.9 Å². The smallest absolute Gasteiger partial charge is 0.237 e. The largest absolute Gasteiger partial charge is 0.346 e. The monoisotopic (exact) mass is 507 g/mol. The van der Waals surface area contributed by atoms with E-state index in [0.717, 1.165) is 37.1 Å². The van der Waals surface area contributed by atoms with Gasteiger partial charge in [0.2, 0.25) is 17.8 Å². The number of anilines is 2. The van der Waals surface area contributed by atoms with Crippen molar-refractivity contribution >= 4 is 29.4 Å².